The Kier molecular flexibility index (Phi) is 5.51. The fourth-order valence-corrected chi connectivity index (χ4v) is 4.39. The first kappa shape index (κ1) is 20.1. The van der Waals surface area contributed by atoms with Crippen molar-refractivity contribution in [2.75, 3.05) is 0 Å². The van der Waals surface area contributed by atoms with Crippen LogP contribution in [0.5, 0.6) is 0 Å². The van der Waals surface area contributed by atoms with Crippen LogP contribution in [-0.2, 0) is 12.3 Å². The molecule has 0 radical (unpaired) electrons. The van der Waals surface area contributed by atoms with E-state index in [1.54, 1.807) is 12.1 Å². The highest BCUT2D eigenvalue weighted by molar-refractivity contribution is 7.98. The summed E-state index contributed by atoms with van der Waals surface area (Å²) in [6.07, 6.45) is 1.54. The van der Waals surface area contributed by atoms with Gasteiger partial charge in [0.15, 0.2) is 11.0 Å². The van der Waals surface area contributed by atoms with Gasteiger partial charge in [0.1, 0.15) is 5.82 Å². The molecule has 0 aliphatic heterocycles. The van der Waals surface area contributed by atoms with Crippen molar-refractivity contribution < 1.29 is 4.39 Å². The Morgan fingerprint density at radius 3 is 2.56 bits per heavy atom. The van der Waals surface area contributed by atoms with Crippen LogP contribution in [0.4, 0.5) is 4.39 Å². The van der Waals surface area contributed by atoms with Crippen molar-refractivity contribution in [1.82, 2.24) is 24.3 Å². The first-order valence-corrected chi connectivity index (χ1v) is 11.0. The monoisotopic (exact) mass is 443 g/mol. The molecule has 0 aliphatic rings. The Morgan fingerprint density at radius 1 is 0.906 bits per heavy atom. The lowest BCUT2D eigenvalue weighted by Gasteiger charge is -2.11. The second-order valence-electron chi connectivity index (χ2n) is 7.18. The molecule has 6 nitrogen and oxygen atoms in total. The highest BCUT2D eigenvalue weighted by Crippen LogP contribution is 2.26. The number of benzene rings is 3. The number of aromatic nitrogens is 5. The van der Waals surface area contributed by atoms with Crippen molar-refractivity contribution in [3.05, 3.63) is 113 Å². The van der Waals surface area contributed by atoms with Gasteiger partial charge in [-0.25, -0.2) is 9.37 Å². The Labute approximate surface area is 187 Å². The second-order valence-corrected chi connectivity index (χ2v) is 8.13. The molecule has 5 rings (SSSR count). The SMILES string of the molecule is O=c1c2ccccc2ncn1Cc1nnc(SCc2cccc(F)c2)n1-c1ccccc1. The van der Waals surface area contributed by atoms with Gasteiger partial charge in [0.25, 0.3) is 5.56 Å². The number of thioether (sulfide) groups is 1. The molecule has 5 aromatic rings. The molecule has 0 bridgehead atoms. The van der Waals surface area contributed by atoms with Gasteiger partial charge in [-0.05, 0) is 42.0 Å². The van der Waals surface area contributed by atoms with Gasteiger partial charge in [0, 0.05) is 11.4 Å². The molecule has 0 unspecified atom stereocenters. The van der Waals surface area contributed by atoms with Crippen molar-refractivity contribution in [2.45, 2.75) is 17.5 Å². The maximum absolute atomic E-state index is 13.6. The number of halogens is 1. The number of para-hydroxylation sites is 2. The molecular weight excluding hydrogens is 425 g/mol. The zero-order valence-electron chi connectivity index (χ0n) is 16.9. The first-order chi connectivity index (χ1) is 15.7. The largest absolute Gasteiger partial charge is 0.291 e. The number of hydrogen-bond donors (Lipinski definition) is 0. The van der Waals surface area contributed by atoms with Gasteiger partial charge in [-0.3, -0.25) is 13.9 Å². The predicted octanol–water partition coefficient (Wildman–Crippen LogP) is 4.46. The van der Waals surface area contributed by atoms with E-state index in [1.807, 2.05) is 59.2 Å². The van der Waals surface area contributed by atoms with E-state index >= 15 is 0 Å². The van der Waals surface area contributed by atoms with Crippen molar-refractivity contribution in [1.29, 1.82) is 0 Å². The molecule has 0 amide bonds. The van der Waals surface area contributed by atoms with Gasteiger partial charge >= 0.3 is 0 Å². The zero-order chi connectivity index (χ0) is 21.9. The van der Waals surface area contributed by atoms with Crippen LogP contribution in [0.3, 0.4) is 0 Å². The summed E-state index contributed by atoms with van der Waals surface area (Å²) >= 11 is 1.46. The lowest BCUT2D eigenvalue weighted by molar-refractivity contribution is 0.626. The van der Waals surface area contributed by atoms with Crippen molar-refractivity contribution in [3.8, 4) is 5.69 Å². The normalized spacial score (nSPS) is 11.2. The molecule has 0 N–H and O–H groups in total. The summed E-state index contributed by atoms with van der Waals surface area (Å²) in [5.41, 5.74) is 2.27. The number of nitrogens with zero attached hydrogens (tertiary/aromatic N) is 5. The molecule has 32 heavy (non-hydrogen) atoms. The van der Waals surface area contributed by atoms with Crippen LogP contribution in [0, 0.1) is 5.82 Å². The standard InChI is InChI=1S/C24H18FN5OS/c25-18-8-6-7-17(13-18)15-32-24-28-27-22(30(24)19-9-2-1-3-10-19)14-29-16-26-21-12-5-4-11-20(21)23(29)31/h1-13,16H,14-15H2. The maximum atomic E-state index is 13.6. The lowest BCUT2D eigenvalue weighted by Crippen LogP contribution is -2.22. The molecule has 0 saturated carbocycles. The molecule has 2 heterocycles. The molecule has 0 atom stereocenters. The van der Waals surface area contributed by atoms with Crippen LogP contribution in [0.2, 0.25) is 0 Å². The van der Waals surface area contributed by atoms with Crippen LogP contribution in [0.15, 0.2) is 95.1 Å². The molecule has 2 aromatic heterocycles. The lowest BCUT2D eigenvalue weighted by atomic mass is 10.2. The zero-order valence-corrected chi connectivity index (χ0v) is 17.7. The average Bonchev–Trinajstić information content (AvgIpc) is 3.23. The van der Waals surface area contributed by atoms with Gasteiger partial charge in [-0.15, -0.1) is 10.2 Å². The summed E-state index contributed by atoms with van der Waals surface area (Å²) in [5.74, 6) is 0.883. The minimum atomic E-state index is -0.267. The Morgan fingerprint density at radius 2 is 1.72 bits per heavy atom. The third kappa shape index (κ3) is 4.04. The predicted molar refractivity (Wildman–Crippen MR) is 122 cm³/mol. The van der Waals surface area contributed by atoms with Crippen LogP contribution < -0.4 is 5.56 Å². The van der Waals surface area contributed by atoms with Crippen molar-refractivity contribution in [2.24, 2.45) is 0 Å². The van der Waals surface area contributed by atoms with Gasteiger partial charge in [-0.1, -0.05) is 54.2 Å². The van der Waals surface area contributed by atoms with E-state index in [0.717, 1.165) is 11.3 Å². The summed E-state index contributed by atoms with van der Waals surface area (Å²) in [4.78, 5) is 17.4. The topological polar surface area (TPSA) is 65.6 Å². The highest BCUT2D eigenvalue weighted by Gasteiger charge is 2.16. The van der Waals surface area contributed by atoms with Gasteiger partial charge in [0.2, 0.25) is 0 Å². The van der Waals surface area contributed by atoms with E-state index in [-0.39, 0.29) is 17.9 Å². The van der Waals surface area contributed by atoms with Crippen LogP contribution in [0.1, 0.15) is 11.4 Å². The van der Waals surface area contributed by atoms with Crippen LogP contribution >= 0.6 is 11.8 Å². The molecular formula is C24H18FN5OS. The molecule has 0 aliphatic carbocycles. The molecule has 0 saturated heterocycles. The number of fused-ring (bicyclic) bond motifs is 1. The van der Waals surface area contributed by atoms with Crippen molar-refractivity contribution >= 4 is 22.7 Å². The van der Waals surface area contributed by atoms with E-state index in [2.05, 4.69) is 15.2 Å². The van der Waals surface area contributed by atoms with E-state index in [4.69, 9.17) is 0 Å². The van der Waals surface area contributed by atoms with E-state index in [1.165, 1.54) is 34.8 Å². The Hall–Kier alpha value is -3.78. The van der Waals surface area contributed by atoms with Gasteiger partial charge in [-0.2, -0.15) is 0 Å². The minimum Gasteiger partial charge on any atom is -0.291 e. The minimum absolute atomic E-state index is 0.132. The highest BCUT2D eigenvalue weighted by atomic mass is 32.2. The summed E-state index contributed by atoms with van der Waals surface area (Å²) in [7, 11) is 0. The smallest absolute Gasteiger partial charge is 0.261 e. The maximum Gasteiger partial charge on any atom is 0.261 e. The van der Waals surface area contributed by atoms with E-state index in [0.29, 0.717) is 27.6 Å². The fraction of sp³-hybridized carbons (Fsp3) is 0.0833. The number of rotatable bonds is 6. The summed E-state index contributed by atoms with van der Waals surface area (Å²) in [6.45, 7) is 0.221. The quantitative estimate of drug-likeness (QED) is 0.363. The molecule has 0 fully saturated rings. The van der Waals surface area contributed by atoms with Crippen molar-refractivity contribution in [3.63, 3.8) is 0 Å². The molecule has 8 heteroatoms. The van der Waals surface area contributed by atoms with E-state index < -0.39 is 0 Å². The van der Waals surface area contributed by atoms with E-state index in [9.17, 15) is 9.18 Å². The average molecular weight is 444 g/mol. The summed E-state index contributed by atoms with van der Waals surface area (Å²) in [6, 6.07) is 23.5. The Bertz CT molecular complexity index is 1450. The summed E-state index contributed by atoms with van der Waals surface area (Å²) < 4.78 is 17.0. The summed E-state index contributed by atoms with van der Waals surface area (Å²) in [5, 5.41) is 9.95. The van der Waals surface area contributed by atoms with Gasteiger partial charge in [0.05, 0.1) is 23.8 Å². The van der Waals surface area contributed by atoms with Crippen LogP contribution in [-0.4, -0.2) is 24.3 Å². The first-order valence-electron chi connectivity index (χ1n) is 10.0. The molecule has 158 valence electrons. The number of hydrogen-bond acceptors (Lipinski definition) is 5. The third-order valence-electron chi connectivity index (χ3n) is 5.02. The Balaban J connectivity index is 1.51. The molecule has 3 aromatic carbocycles. The third-order valence-corrected chi connectivity index (χ3v) is 6.02. The van der Waals surface area contributed by atoms with Crippen LogP contribution in [0.25, 0.3) is 16.6 Å². The van der Waals surface area contributed by atoms with Gasteiger partial charge < -0.3 is 0 Å². The molecule has 0 spiro atoms. The fourth-order valence-electron chi connectivity index (χ4n) is 3.48. The second kappa shape index (κ2) is 8.76.